The molecule has 0 radical (unpaired) electrons. The van der Waals surface area contributed by atoms with Gasteiger partial charge in [0.1, 0.15) is 5.01 Å². The number of benzene rings is 2. The van der Waals surface area contributed by atoms with Crippen molar-refractivity contribution in [2.45, 2.75) is 24.0 Å². The number of hydrogen-bond donors (Lipinski definition) is 1. The summed E-state index contributed by atoms with van der Waals surface area (Å²) in [6, 6.07) is 13.1. The number of nitrogens with zero attached hydrogens (tertiary/aromatic N) is 2. The van der Waals surface area contributed by atoms with Crippen LogP contribution in [0.25, 0.3) is 0 Å². The largest absolute Gasteiger partial charge is 0.257 e. The zero-order valence-electron chi connectivity index (χ0n) is 15.4. The molecule has 0 spiro atoms. The van der Waals surface area contributed by atoms with Crippen LogP contribution in [0.4, 0.5) is 5.13 Å². The van der Waals surface area contributed by atoms with Crippen molar-refractivity contribution in [2.24, 2.45) is 0 Å². The molecule has 1 aromatic heterocycles. The second-order valence-electron chi connectivity index (χ2n) is 6.37. The molecule has 1 heterocycles. The number of anilines is 1. The van der Waals surface area contributed by atoms with Crippen molar-refractivity contribution in [3.63, 3.8) is 0 Å². The Labute approximate surface area is 178 Å². The van der Waals surface area contributed by atoms with E-state index >= 15 is 0 Å². The minimum Gasteiger partial charge on any atom is -0.257 e. The Balaban J connectivity index is 1.61. The van der Waals surface area contributed by atoms with Crippen LogP contribution in [0.5, 0.6) is 0 Å². The summed E-state index contributed by atoms with van der Waals surface area (Å²) in [5.74, 6) is -0.372. The molecule has 0 aliphatic heterocycles. The first-order valence-corrected chi connectivity index (χ1v) is 13.0. The highest BCUT2D eigenvalue weighted by atomic mass is 35.5. The molecule has 3 aromatic rings. The highest BCUT2D eigenvalue weighted by molar-refractivity contribution is 7.92. The first-order valence-electron chi connectivity index (χ1n) is 8.50. The standard InChI is InChI=1S/C18H18ClN3O4S3/c1-13-2-8-16(9-3-13)28(23,24)11-10-17-20-21-18(27-17)22-29(25,26)12-14-4-6-15(19)7-5-14/h2-9H,10-12H2,1H3,(H,21,22). The van der Waals surface area contributed by atoms with Crippen LogP contribution in [0.3, 0.4) is 0 Å². The summed E-state index contributed by atoms with van der Waals surface area (Å²) in [5.41, 5.74) is 1.56. The highest BCUT2D eigenvalue weighted by Gasteiger charge is 2.18. The van der Waals surface area contributed by atoms with Gasteiger partial charge >= 0.3 is 0 Å². The van der Waals surface area contributed by atoms with Crippen molar-refractivity contribution >= 4 is 47.9 Å². The van der Waals surface area contributed by atoms with Crippen molar-refractivity contribution < 1.29 is 16.8 Å². The van der Waals surface area contributed by atoms with E-state index in [0.717, 1.165) is 16.9 Å². The van der Waals surface area contributed by atoms with E-state index in [4.69, 9.17) is 11.6 Å². The first-order chi connectivity index (χ1) is 13.6. The van der Waals surface area contributed by atoms with E-state index in [1.54, 1.807) is 48.5 Å². The predicted molar refractivity (Wildman–Crippen MR) is 115 cm³/mol. The topological polar surface area (TPSA) is 106 Å². The van der Waals surface area contributed by atoms with E-state index in [1.807, 2.05) is 6.92 Å². The number of nitrogens with one attached hydrogen (secondary N) is 1. The Hall–Kier alpha value is -2.01. The van der Waals surface area contributed by atoms with Crippen molar-refractivity contribution in [1.82, 2.24) is 10.2 Å². The molecule has 0 fully saturated rings. The van der Waals surface area contributed by atoms with Crippen LogP contribution in [0, 0.1) is 6.92 Å². The molecule has 1 N–H and O–H groups in total. The maximum atomic E-state index is 12.4. The molecule has 0 amide bonds. The molecule has 0 bridgehead atoms. The zero-order valence-corrected chi connectivity index (χ0v) is 18.6. The fraction of sp³-hybridized carbons (Fsp3) is 0.222. The Morgan fingerprint density at radius 3 is 2.28 bits per heavy atom. The lowest BCUT2D eigenvalue weighted by molar-refractivity contribution is 0.594. The lowest BCUT2D eigenvalue weighted by Gasteiger charge is -2.05. The molecule has 0 saturated heterocycles. The average Bonchev–Trinajstić information content (AvgIpc) is 3.09. The summed E-state index contributed by atoms with van der Waals surface area (Å²) in [6.45, 7) is 1.88. The number of hydrogen-bond acceptors (Lipinski definition) is 7. The summed E-state index contributed by atoms with van der Waals surface area (Å²) >= 11 is 6.81. The van der Waals surface area contributed by atoms with E-state index in [-0.39, 0.29) is 28.0 Å². The fourth-order valence-electron chi connectivity index (χ4n) is 2.45. The molecule has 11 heteroatoms. The maximum absolute atomic E-state index is 12.4. The number of aryl methyl sites for hydroxylation is 2. The van der Waals surface area contributed by atoms with Gasteiger partial charge in [0.25, 0.3) is 0 Å². The van der Waals surface area contributed by atoms with Gasteiger partial charge < -0.3 is 0 Å². The van der Waals surface area contributed by atoms with Gasteiger partial charge in [-0.05, 0) is 36.8 Å². The number of rotatable bonds is 8. The highest BCUT2D eigenvalue weighted by Crippen LogP contribution is 2.21. The monoisotopic (exact) mass is 471 g/mol. The number of sulfonamides is 1. The van der Waals surface area contributed by atoms with Gasteiger partial charge in [-0.2, -0.15) is 0 Å². The van der Waals surface area contributed by atoms with Gasteiger partial charge in [0.05, 0.1) is 16.4 Å². The van der Waals surface area contributed by atoms with E-state index in [2.05, 4.69) is 14.9 Å². The minimum absolute atomic E-state index is 0.0988. The zero-order chi connectivity index (χ0) is 21.1. The second kappa shape index (κ2) is 8.78. The summed E-state index contributed by atoms with van der Waals surface area (Å²) in [4.78, 5) is 0.247. The molecule has 29 heavy (non-hydrogen) atoms. The van der Waals surface area contributed by atoms with E-state index < -0.39 is 19.9 Å². The average molecular weight is 472 g/mol. The van der Waals surface area contributed by atoms with Gasteiger partial charge in [-0.25, -0.2) is 16.8 Å². The van der Waals surface area contributed by atoms with Crippen LogP contribution >= 0.6 is 22.9 Å². The third kappa shape index (κ3) is 6.23. The van der Waals surface area contributed by atoms with E-state index in [9.17, 15) is 16.8 Å². The maximum Gasteiger partial charge on any atom is 0.238 e. The van der Waals surface area contributed by atoms with Gasteiger partial charge in [0.15, 0.2) is 9.84 Å². The normalized spacial score (nSPS) is 12.1. The Kier molecular flexibility index (Phi) is 6.57. The molecule has 0 unspecified atom stereocenters. The number of sulfone groups is 1. The third-order valence-corrected chi connectivity index (χ3v) is 8.17. The molecule has 0 aliphatic carbocycles. The molecule has 0 atom stereocenters. The molecule has 0 aliphatic rings. The van der Waals surface area contributed by atoms with Crippen LogP contribution in [-0.2, 0) is 32.0 Å². The van der Waals surface area contributed by atoms with Crippen LogP contribution < -0.4 is 4.72 Å². The van der Waals surface area contributed by atoms with Crippen molar-refractivity contribution in [2.75, 3.05) is 10.5 Å². The van der Waals surface area contributed by atoms with Gasteiger partial charge in [0.2, 0.25) is 15.2 Å². The van der Waals surface area contributed by atoms with Crippen LogP contribution in [0.2, 0.25) is 5.02 Å². The SMILES string of the molecule is Cc1ccc(S(=O)(=O)CCc2nnc(NS(=O)(=O)Cc3ccc(Cl)cc3)s2)cc1. The second-order valence-corrected chi connectivity index (χ2v) is 11.7. The minimum atomic E-state index is -3.68. The van der Waals surface area contributed by atoms with Crippen molar-refractivity contribution in [1.29, 1.82) is 0 Å². The Morgan fingerprint density at radius 1 is 0.966 bits per heavy atom. The van der Waals surface area contributed by atoms with Crippen LogP contribution in [0.1, 0.15) is 16.1 Å². The quantitative estimate of drug-likeness (QED) is 0.539. The molecule has 0 saturated carbocycles. The Morgan fingerprint density at radius 2 is 1.62 bits per heavy atom. The summed E-state index contributed by atoms with van der Waals surface area (Å²) in [7, 11) is -7.14. The molecular weight excluding hydrogens is 454 g/mol. The van der Waals surface area contributed by atoms with Gasteiger partial charge in [-0.15, -0.1) is 10.2 Å². The van der Waals surface area contributed by atoms with Gasteiger partial charge in [-0.3, -0.25) is 4.72 Å². The number of aromatic nitrogens is 2. The third-order valence-electron chi connectivity index (χ3n) is 3.94. The smallest absolute Gasteiger partial charge is 0.238 e. The Bertz CT molecular complexity index is 1190. The van der Waals surface area contributed by atoms with Crippen molar-refractivity contribution in [3.8, 4) is 0 Å². The lowest BCUT2D eigenvalue weighted by atomic mass is 10.2. The fourth-order valence-corrected chi connectivity index (χ4v) is 6.10. The molecule has 154 valence electrons. The summed E-state index contributed by atoms with van der Waals surface area (Å²) in [5, 5.41) is 8.75. The van der Waals surface area contributed by atoms with E-state index in [0.29, 0.717) is 15.6 Å². The molecule has 3 rings (SSSR count). The van der Waals surface area contributed by atoms with Crippen LogP contribution in [0.15, 0.2) is 53.4 Å². The predicted octanol–water partition coefficient (Wildman–Crippen LogP) is 3.46. The van der Waals surface area contributed by atoms with Crippen LogP contribution in [-0.4, -0.2) is 32.8 Å². The van der Waals surface area contributed by atoms with E-state index in [1.165, 1.54) is 0 Å². The van der Waals surface area contributed by atoms with Gasteiger partial charge in [0, 0.05) is 11.4 Å². The summed E-state index contributed by atoms with van der Waals surface area (Å²) in [6.07, 6.45) is 0.146. The molecule has 2 aromatic carbocycles. The lowest BCUT2D eigenvalue weighted by Crippen LogP contribution is -2.14. The number of halogens is 1. The van der Waals surface area contributed by atoms with Crippen molar-refractivity contribution in [3.05, 3.63) is 69.7 Å². The molecular formula is C18H18ClN3O4S3. The molecule has 7 nitrogen and oxygen atoms in total. The first kappa shape index (κ1) is 21.7. The van der Waals surface area contributed by atoms with Gasteiger partial charge in [-0.1, -0.05) is 52.8 Å². The summed E-state index contributed by atoms with van der Waals surface area (Å²) < 4.78 is 51.8.